The standard InChI is InChI=1S/C14H23NO/c1-10-7-8-12(11(2)9-10)13(16)14(3,4)15(5)6/h7-9,13,16H,1-6H3. The Morgan fingerprint density at radius 3 is 2.19 bits per heavy atom. The van der Waals surface area contributed by atoms with Gasteiger partial charge in [0.25, 0.3) is 0 Å². The molecule has 0 fully saturated rings. The number of rotatable bonds is 3. The highest BCUT2D eigenvalue weighted by Crippen LogP contribution is 2.31. The Morgan fingerprint density at radius 2 is 1.75 bits per heavy atom. The molecule has 1 unspecified atom stereocenters. The van der Waals surface area contributed by atoms with Crippen LogP contribution in [0.5, 0.6) is 0 Å². The van der Waals surface area contributed by atoms with Crippen molar-refractivity contribution in [1.82, 2.24) is 4.90 Å². The summed E-state index contributed by atoms with van der Waals surface area (Å²) in [6.45, 7) is 8.23. The highest BCUT2D eigenvalue weighted by atomic mass is 16.3. The SMILES string of the molecule is Cc1ccc(C(O)C(C)(C)N(C)C)c(C)c1. The number of aryl methyl sites for hydroxylation is 2. The topological polar surface area (TPSA) is 23.5 Å². The molecule has 0 saturated heterocycles. The third-order valence-corrected chi connectivity index (χ3v) is 3.54. The van der Waals surface area contributed by atoms with E-state index in [1.165, 1.54) is 5.56 Å². The minimum absolute atomic E-state index is 0.264. The molecule has 0 aliphatic heterocycles. The lowest BCUT2D eigenvalue weighted by Crippen LogP contribution is -2.44. The summed E-state index contributed by atoms with van der Waals surface area (Å²) >= 11 is 0. The van der Waals surface area contributed by atoms with Crippen LogP contribution in [0.2, 0.25) is 0 Å². The zero-order valence-electron chi connectivity index (χ0n) is 11.2. The van der Waals surface area contributed by atoms with Gasteiger partial charge in [0.2, 0.25) is 0 Å². The van der Waals surface area contributed by atoms with E-state index in [2.05, 4.69) is 44.7 Å². The van der Waals surface area contributed by atoms with Gasteiger partial charge in [-0.1, -0.05) is 23.8 Å². The molecule has 0 aromatic heterocycles. The van der Waals surface area contributed by atoms with E-state index in [1.807, 2.05) is 20.2 Å². The van der Waals surface area contributed by atoms with Crippen molar-refractivity contribution in [3.05, 3.63) is 34.9 Å². The highest BCUT2D eigenvalue weighted by molar-refractivity contribution is 5.33. The molecule has 1 aromatic rings. The lowest BCUT2D eigenvalue weighted by Gasteiger charge is -2.38. The zero-order valence-corrected chi connectivity index (χ0v) is 11.2. The Bertz CT molecular complexity index is 369. The molecule has 0 bridgehead atoms. The molecule has 0 aliphatic carbocycles. The fraction of sp³-hybridized carbons (Fsp3) is 0.571. The van der Waals surface area contributed by atoms with E-state index in [0.717, 1.165) is 11.1 Å². The lowest BCUT2D eigenvalue weighted by atomic mass is 9.87. The minimum Gasteiger partial charge on any atom is -0.386 e. The molecule has 1 rings (SSSR count). The first-order valence-electron chi connectivity index (χ1n) is 5.69. The molecule has 1 atom stereocenters. The van der Waals surface area contributed by atoms with Crippen molar-refractivity contribution in [3.63, 3.8) is 0 Å². The Morgan fingerprint density at radius 1 is 1.19 bits per heavy atom. The van der Waals surface area contributed by atoms with E-state index in [1.54, 1.807) is 0 Å². The molecule has 0 radical (unpaired) electrons. The Labute approximate surface area is 98.9 Å². The molecule has 1 N–H and O–H groups in total. The third-order valence-electron chi connectivity index (χ3n) is 3.54. The number of benzene rings is 1. The fourth-order valence-corrected chi connectivity index (χ4v) is 1.76. The van der Waals surface area contributed by atoms with Crippen molar-refractivity contribution in [2.75, 3.05) is 14.1 Å². The Balaban J connectivity index is 3.10. The molecular weight excluding hydrogens is 198 g/mol. The second kappa shape index (κ2) is 4.56. The average Bonchev–Trinajstić information content (AvgIpc) is 2.16. The third kappa shape index (κ3) is 2.45. The van der Waals surface area contributed by atoms with Crippen LogP contribution in [0.3, 0.4) is 0 Å². The quantitative estimate of drug-likeness (QED) is 0.848. The fourth-order valence-electron chi connectivity index (χ4n) is 1.76. The van der Waals surface area contributed by atoms with Gasteiger partial charge in [0, 0.05) is 5.54 Å². The van der Waals surface area contributed by atoms with Gasteiger partial charge in [-0.3, -0.25) is 0 Å². The maximum absolute atomic E-state index is 10.4. The molecule has 90 valence electrons. The van der Waals surface area contributed by atoms with Crippen molar-refractivity contribution in [2.24, 2.45) is 0 Å². The van der Waals surface area contributed by atoms with Gasteiger partial charge >= 0.3 is 0 Å². The predicted octanol–water partition coefficient (Wildman–Crippen LogP) is 2.68. The summed E-state index contributed by atoms with van der Waals surface area (Å²) in [5.74, 6) is 0. The maximum atomic E-state index is 10.4. The molecular formula is C14H23NO. The summed E-state index contributed by atoms with van der Waals surface area (Å²) < 4.78 is 0. The van der Waals surface area contributed by atoms with Gasteiger partial charge in [0.05, 0.1) is 6.10 Å². The van der Waals surface area contributed by atoms with E-state index < -0.39 is 6.10 Å². The average molecular weight is 221 g/mol. The van der Waals surface area contributed by atoms with Crippen LogP contribution in [0.25, 0.3) is 0 Å². The van der Waals surface area contributed by atoms with E-state index in [-0.39, 0.29) is 5.54 Å². The van der Waals surface area contributed by atoms with Crippen LogP contribution in [0, 0.1) is 13.8 Å². The van der Waals surface area contributed by atoms with Crippen LogP contribution >= 0.6 is 0 Å². The number of likely N-dealkylation sites (N-methyl/N-ethyl adjacent to an activating group) is 1. The number of hydrogen-bond donors (Lipinski definition) is 1. The smallest absolute Gasteiger partial charge is 0.0970 e. The van der Waals surface area contributed by atoms with Crippen LogP contribution < -0.4 is 0 Å². The molecule has 0 amide bonds. The number of aliphatic hydroxyl groups is 1. The second-order valence-electron chi connectivity index (χ2n) is 5.31. The normalized spacial score (nSPS) is 14.2. The minimum atomic E-state index is -0.469. The maximum Gasteiger partial charge on any atom is 0.0970 e. The van der Waals surface area contributed by atoms with Crippen molar-refractivity contribution in [1.29, 1.82) is 0 Å². The van der Waals surface area contributed by atoms with E-state index in [4.69, 9.17) is 0 Å². The largest absolute Gasteiger partial charge is 0.386 e. The lowest BCUT2D eigenvalue weighted by molar-refractivity contribution is 0.0160. The molecule has 0 heterocycles. The van der Waals surface area contributed by atoms with Gasteiger partial charge in [-0.25, -0.2) is 0 Å². The van der Waals surface area contributed by atoms with Gasteiger partial charge in [-0.15, -0.1) is 0 Å². The van der Waals surface area contributed by atoms with Crippen LogP contribution in [-0.4, -0.2) is 29.6 Å². The monoisotopic (exact) mass is 221 g/mol. The number of nitrogens with zero attached hydrogens (tertiary/aromatic N) is 1. The van der Waals surface area contributed by atoms with Crippen LogP contribution in [0.15, 0.2) is 18.2 Å². The van der Waals surface area contributed by atoms with Crippen LogP contribution in [-0.2, 0) is 0 Å². The Kier molecular flexibility index (Phi) is 3.76. The summed E-state index contributed by atoms with van der Waals surface area (Å²) in [6, 6.07) is 6.20. The van der Waals surface area contributed by atoms with Gasteiger partial charge in [-0.2, -0.15) is 0 Å². The molecule has 2 heteroatoms. The van der Waals surface area contributed by atoms with Gasteiger partial charge in [0.1, 0.15) is 0 Å². The number of hydrogen-bond acceptors (Lipinski definition) is 2. The summed E-state index contributed by atoms with van der Waals surface area (Å²) in [5, 5.41) is 10.4. The second-order valence-corrected chi connectivity index (χ2v) is 5.31. The van der Waals surface area contributed by atoms with Crippen LogP contribution in [0.1, 0.15) is 36.6 Å². The molecule has 0 spiro atoms. The van der Waals surface area contributed by atoms with E-state index in [0.29, 0.717) is 0 Å². The summed E-state index contributed by atoms with van der Waals surface area (Å²) in [6.07, 6.45) is -0.469. The first-order valence-corrected chi connectivity index (χ1v) is 5.69. The molecule has 1 aromatic carbocycles. The van der Waals surface area contributed by atoms with Crippen molar-refractivity contribution in [3.8, 4) is 0 Å². The molecule has 0 saturated carbocycles. The van der Waals surface area contributed by atoms with E-state index >= 15 is 0 Å². The van der Waals surface area contributed by atoms with E-state index in [9.17, 15) is 5.11 Å². The van der Waals surface area contributed by atoms with Crippen molar-refractivity contribution < 1.29 is 5.11 Å². The Hall–Kier alpha value is -0.860. The van der Waals surface area contributed by atoms with Gasteiger partial charge in [0.15, 0.2) is 0 Å². The molecule has 0 aliphatic rings. The molecule has 2 nitrogen and oxygen atoms in total. The molecule has 16 heavy (non-hydrogen) atoms. The van der Waals surface area contributed by atoms with Gasteiger partial charge < -0.3 is 10.0 Å². The predicted molar refractivity (Wildman–Crippen MR) is 68.6 cm³/mol. The first kappa shape index (κ1) is 13.2. The van der Waals surface area contributed by atoms with Crippen LogP contribution in [0.4, 0.5) is 0 Å². The zero-order chi connectivity index (χ0) is 12.5. The summed E-state index contributed by atoms with van der Waals surface area (Å²) in [5.41, 5.74) is 3.14. The summed E-state index contributed by atoms with van der Waals surface area (Å²) in [4.78, 5) is 2.05. The highest BCUT2D eigenvalue weighted by Gasteiger charge is 2.31. The first-order chi connectivity index (χ1) is 7.26. The van der Waals surface area contributed by atoms with Crippen molar-refractivity contribution in [2.45, 2.75) is 39.3 Å². The summed E-state index contributed by atoms with van der Waals surface area (Å²) in [7, 11) is 3.99. The van der Waals surface area contributed by atoms with Crippen molar-refractivity contribution >= 4 is 0 Å². The van der Waals surface area contributed by atoms with Gasteiger partial charge in [-0.05, 0) is 52.9 Å². The number of aliphatic hydroxyl groups excluding tert-OH is 1.